The summed E-state index contributed by atoms with van der Waals surface area (Å²) in [6.45, 7) is 2.52. The van der Waals surface area contributed by atoms with Crippen LogP contribution in [0.2, 0.25) is 0 Å². The molecule has 0 saturated heterocycles. The number of ether oxygens (including phenoxy) is 1. The summed E-state index contributed by atoms with van der Waals surface area (Å²) in [5, 5.41) is 3.01. The second kappa shape index (κ2) is 8.35. The molecule has 0 bridgehead atoms. The number of nitrogens with two attached hydrogens (primary N) is 1. The Bertz CT molecular complexity index is 436. The second-order valence-corrected chi connectivity index (χ2v) is 4.84. The molecule has 0 fully saturated rings. The van der Waals surface area contributed by atoms with E-state index in [-0.39, 0.29) is 5.75 Å². The minimum absolute atomic E-state index is 0.124. The Morgan fingerprint density at radius 3 is 2.80 bits per heavy atom. The first-order valence-electron chi connectivity index (χ1n) is 6.55. The van der Waals surface area contributed by atoms with E-state index in [0.717, 1.165) is 18.5 Å². The zero-order valence-electron chi connectivity index (χ0n) is 11.8. The van der Waals surface area contributed by atoms with Crippen LogP contribution in [-0.4, -0.2) is 19.1 Å². The molecule has 3 N–H and O–H groups in total. The second-order valence-electron chi connectivity index (χ2n) is 4.84. The first-order valence-corrected chi connectivity index (χ1v) is 6.55. The summed E-state index contributed by atoms with van der Waals surface area (Å²) in [5.74, 6) is 1.07. The number of nitrogens with zero attached hydrogens (tertiary/aromatic N) is 1. The van der Waals surface area contributed by atoms with Crippen molar-refractivity contribution in [3.63, 3.8) is 0 Å². The Morgan fingerprint density at radius 2 is 2.15 bits per heavy atom. The van der Waals surface area contributed by atoms with E-state index in [1.54, 1.807) is 12.1 Å². The highest BCUT2D eigenvalue weighted by Crippen LogP contribution is 2.16. The highest BCUT2D eigenvalue weighted by atomic mass is 19.3. The molecule has 0 heterocycles. The molecule has 0 aliphatic carbocycles. The average Bonchev–Trinajstić information content (AvgIpc) is 2.35. The maximum absolute atomic E-state index is 12.1. The molecule has 6 heteroatoms. The lowest BCUT2D eigenvalue weighted by Crippen LogP contribution is -2.32. The van der Waals surface area contributed by atoms with Gasteiger partial charge in [-0.15, -0.1) is 0 Å². The summed E-state index contributed by atoms with van der Waals surface area (Å²) in [4.78, 5) is 4.15. The molecule has 0 atom stereocenters. The van der Waals surface area contributed by atoms with Gasteiger partial charge in [0.05, 0.1) is 6.54 Å². The van der Waals surface area contributed by atoms with E-state index in [1.807, 2.05) is 0 Å². The van der Waals surface area contributed by atoms with E-state index in [9.17, 15) is 8.78 Å². The van der Waals surface area contributed by atoms with Crippen molar-refractivity contribution in [2.75, 3.05) is 6.54 Å². The molecule has 20 heavy (non-hydrogen) atoms. The molecule has 0 saturated carbocycles. The monoisotopic (exact) mass is 285 g/mol. The van der Waals surface area contributed by atoms with E-state index in [1.165, 1.54) is 12.1 Å². The standard InChI is InChI=1S/C14H21F2N3O/c1-10(2)6-7-18-14(17)19-9-11-4-3-5-12(8-11)20-13(15)16/h3-5,8,10,13H,6-7,9H2,1-2H3,(H3,17,18,19). The number of benzene rings is 1. The highest BCUT2D eigenvalue weighted by Gasteiger charge is 2.04. The Balaban J connectivity index is 2.47. The molecule has 1 aromatic carbocycles. The van der Waals surface area contributed by atoms with Gasteiger partial charge < -0.3 is 15.8 Å². The van der Waals surface area contributed by atoms with Gasteiger partial charge in [-0.2, -0.15) is 8.78 Å². The van der Waals surface area contributed by atoms with Crippen molar-refractivity contribution in [3.8, 4) is 5.75 Å². The van der Waals surface area contributed by atoms with Gasteiger partial charge in [0, 0.05) is 6.54 Å². The van der Waals surface area contributed by atoms with Crippen LogP contribution < -0.4 is 15.8 Å². The number of aliphatic imine (C=N–C) groups is 1. The van der Waals surface area contributed by atoms with Gasteiger partial charge in [-0.05, 0) is 30.0 Å². The minimum Gasteiger partial charge on any atom is -0.435 e. The third-order valence-electron chi connectivity index (χ3n) is 2.58. The number of rotatable bonds is 7. The van der Waals surface area contributed by atoms with Gasteiger partial charge in [0.25, 0.3) is 0 Å². The van der Waals surface area contributed by atoms with Gasteiger partial charge in [-0.3, -0.25) is 0 Å². The molecule has 4 nitrogen and oxygen atoms in total. The molecule has 0 aromatic heterocycles. The van der Waals surface area contributed by atoms with E-state index >= 15 is 0 Å². The summed E-state index contributed by atoms with van der Waals surface area (Å²) >= 11 is 0. The molecule has 0 radical (unpaired) electrons. The van der Waals surface area contributed by atoms with Gasteiger partial charge in [0.2, 0.25) is 0 Å². The van der Waals surface area contributed by atoms with E-state index in [2.05, 4.69) is 28.9 Å². The van der Waals surface area contributed by atoms with Crippen LogP contribution in [0.15, 0.2) is 29.3 Å². The van der Waals surface area contributed by atoms with E-state index < -0.39 is 6.61 Å². The van der Waals surface area contributed by atoms with Crippen LogP contribution in [0.1, 0.15) is 25.8 Å². The van der Waals surface area contributed by atoms with Crippen LogP contribution in [0.4, 0.5) is 8.78 Å². The zero-order valence-corrected chi connectivity index (χ0v) is 11.8. The number of nitrogens with one attached hydrogen (secondary N) is 1. The lowest BCUT2D eigenvalue weighted by molar-refractivity contribution is -0.0498. The summed E-state index contributed by atoms with van der Waals surface area (Å²) in [5.41, 5.74) is 6.48. The summed E-state index contributed by atoms with van der Waals surface area (Å²) in [7, 11) is 0. The summed E-state index contributed by atoms with van der Waals surface area (Å²) in [6, 6.07) is 6.43. The number of hydrogen-bond donors (Lipinski definition) is 2. The lowest BCUT2D eigenvalue weighted by Gasteiger charge is -2.08. The summed E-state index contributed by atoms with van der Waals surface area (Å²) < 4.78 is 28.5. The van der Waals surface area contributed by atoms with Crippen molar-refractivity contribution in [2.45, 2.75) is 33.4 Å². The van der Waals surface area contributed by atoms with Crippen molar-refractivity contribution in [3.05, 3.63) is 29.8 Å². The molecule has 0 aliphatic heterocycles. The Morgan fingerprint density at radius 1 is 1.40 bits per heavy atom. The molecule has 1 aromatic rings. The number of halogens is 2. The van der Waals surface area contributed by atoms with Crippen molar-refractivity contribution in [1.29, 1.82) is 0 Å². The van der Waals surface area contributed by atoms with Gasteiger partial charge in [0.15, 0.2) is 5.96 Å². The summed E-state index contributed by atoms with van der Waals surface area (Å²) in [6.07, 6.45) is 1.01. The van der Waals surface area contributed by atoms with Crippen LogP contribution in [0.5, 0.6) is 5.75 Å². The fourth-order valence-corrected chi connectivity index (χ4v) is 1.54. The molecule has 0 unspecified atom stereocenters. The predicted octanol–water partition coefficient (Wildman–Crippen LogP) is 2.74. The van der Waals surface area contributed by atoms with Crippen molar-refractivity contribution in [1.82, 2.24) is 5.32 Å². The van der Waals surface area contributed by atoms with Gasteiger partial charge in [-0.1, -0.05) is 26.0 Å². The number of alkyl halides is 2. The quantitative estimate of drug-likeness (QED) is 0.598. The zero-order chi connectivity index (χ0) is 15.0. The Kier molecular flexibility index (Phi) is 6.76. The number of hydrogen-bond acceptors (Lipinski definition) is 2. The van der Waals surface area contributed by atoms with Crippen LogP contribution in [0, 0.1) is 5.92 Å². The van der Waals surface area contributed by atoms with Crippen LogP contribution in [0.3, 0.4) is 0 Å². The Hall–Kier alpha value is -1.85. The third kappa shape index (κ3) is 6.92. The maximum Gasteiger partial charge on any atom is 0.387 e. The minimum atomic E-state index is -2.82. The average molecular weight is 285 g/mol. The van der Waals surface area contributed by atoms with Crippen molar-refractivity contribution < 1.29 is 13.5 Å². The van der Waals surface area contributed by atoms with Gasteiger partial charge in [0.1, 0.15) is 5.75 Å². The fourth-order valence-electron chi connectivity index (χ4n) is 1.54. The number of guanidine groups is 1. The highest BCUT2D eigenvalue weighted by molar-refractivity contribution is 5.77. The van der Waals surface area contributed by atoms with Gasteiger partial charge >= 0.3 is 6.61 Å². The molecular weight excluding hydrogens is 264 g/mol. The van der Waals surface area contributed by atoms with Gasteiger partial charge in [-0.25, -0.2) is 4.99 Å². The van der Waals surface area contributed by atoms with E-state index in [0.29, 0.717) is 18.4 Å². The smallest absolute Gasteiger partial charge is 0.387 e. The third-order valence-corrected chi connectivity index (χ3v) is 2.58. The topological polar surface area (TPSA) is 59.6 Å². The first-order chi connectivity index (χ1) is 9.47. The molecule has 1 rings (SSSR count). The first kappa shape index (κ1) is 16.2. The van der Waals surface area contributed by atoms with E-state index in [4.69, 9.17) is 5.73 Å². The van der Waals surface area contributed by atoms with Crippen LogP contribution in [0.25, 0.3) is 0 Å². The molecule has 112 valence electrons. The fraction of sp³-hybridized carbons (Fsp3) is 0.500. The SMILES string of the molecule is CC(C)CCNC(N)=NCc1cccc(OC(F)F)c1. The predicted molar refractivity (Wildman–Crippen MR) is 75.9 cm³/mol. The largest absolute Gasteiger partial charge is 0.435 e. The molecule has 0 aliphatic rings. The maximum atomic E-state index is 12.1. The molecular formula is C14H21F2N3O. The molecule has 0 spiro atoms. The van der Waals surface area contributed by atoms with Crippen LogP contribution in [-0.2, 0) is 6.54 Å². The lowest BCUT2D eigenvalue weighted by atomic mass is 10.1. The van der Waals surface area contributed by atoms with Crippen molar-refractivity contribution in [2.24, 2.45) is 16.6 Å². The molecule has 0 amide bonds. The Labute approximate surface area is 118 Å². The normalized spacial score (nSPS) is 12.0. The van der Waals surface area contributed by atoms with Crippen molar-refractivity contribution >= 4 is 5.96 Å². The van der Waals surface area contributed by atoms with Crippen LogP contribution >= 0.6 is 0 Å².